The fourth-order valence-electron chi connectivity index (χ4n) is 2.48. The molecule has 20 heavy (non-hydrogen) atoms. The molecular formula is C14H11N3O3. The van der Waals surface area contributed by atoms with Crippen LogP contribution in [0.2, 0.25) is 0 Å². The maximum absolute atomic E-state index is 12.0. The van der Waals surface area contributed by atoms with Gasteiger partial charge in [-0.05, 0) is 24.1 Å². The summed E-state index contributed by atoms with van der Waals surface area (Å²) >= 11 is 0. The number of piperidine rings is 1. The van der Waals surface area contributed by atoms with Gasteiger partial charge in [-0.3, -0.25) is 19.7 Å². The zero-order valence-electron chi connectivity index (χ0n) is 10.5. The summed E-state index contributed by atoms with van der Waals surface area (Å²) in [4.78, 5) is 42.3. The van der Waals surface area contributed by atoms with E-state index in [0.717, 1.165) is 6.29 Å². The van der Waals surface area contributed by atoms with Gasteiger partial charge in [-0.25, -0.2) is 9.97 Å². The van der Waals surface area contributed by atoms with E-state index in [2.05, 4.69) is 15.3 Å². The Hall–Kier alpha value is -2.63. The second kappa shape index (κ2) is 4.80. The van der Waals surface area contributed by atoms with Crippen molar-refractivity contribution in [3.05, 3.63) is 35.8 Å². The quantitative estimate of drug-likeness (QED) is 0.648. The van der Waals surface area contributed by atoms with Crippen LogP contribution in [0.5, 0.6) is 0 Å². The highest BCUT2D eigenvalue weighted by atomic mass is 16.2. The largest absolute Gasteiger partial charge is 0.298 e. The molecule has 0 bridgehead atoms. The average Bonchev–Trinajstić information content (AvgIpc) is 2.46. The summed E-state index contributed by atoms with van der Waals surface area (Å²) in [5.41, 5.74) is 1.77. The van der Waals surface area contributed by atoms with Gasteiger partial charge < -0.3 is 0 Å². The molecule has 6 heteroatoms. The Labute approximate surface area is 114 Å². The Morgan fingerprint density at radius 3 is 2.90 bits per heavy atom. The molecule has 2 heterocycles. The van der Waals surface area contributed by atoms with E-state index in [0.29, 0.717) is 28.5 Å². The third-order valence-corrected chi connectivity index (χ3v) is 3.41. The molecule has 1 saturated heterocycles. The van der Waals surface area contributed by atoms with Crippen LogP contribution >= 0.6 is 0 Å². The predicted molar refractivity (Wildman–Crippen MR) is 70.1 cm³/mol. The van der Waals surface area contributed by atoms with E-state index in [9.17, 15) is 14.4 Å². The zero-order chi connectivity index (χ0) is 14.1. The first-order valence-corrected chi connectivity index (χ1v) is 6.21. The predicted octanol–water partition coefficient (Wildman–Crippen LogP) is 0.963. The molecule has 1 unspecified atom stereocenters. The highest BCUT2D eigenvalue weighted by molar-refractivity contribution is 6.03. The van der Waals surface area contributed by atoms with Crippen molar-refractivity contribution in [1.82, 2.24) is 15.3 Å². The van der Waals surface area contributed by atoms with Gasteiger partial charge in [-0.1, -0.05) is 0 Å². The molecule has 1 fully saturated rings. The first kappa shape index (κ1) is 12.4. The number of fused-ring (bicyclic) bond motifs is 1. The van der Waals surface area contributed by atoms with Crippen LogP contribution in [0, 0.1) is 0 Å². The minimum Gasteiger partial charge on any atom is -0.298 e. The van der Waals surface area contributed by atoms with Crippen molar-refractivity contribution in [2.45, 2.75) is 18.8 Å². The summed E-state index contributed by atoms with van der Waals surface area (Å²) in [5.74, 6) is -1.08. The Morgan fingerprint density at radius 1 is 1.30 bits per heavy atom. The number of aldehydes is 1. The van der Waals surface area contributed by atoms with Gasteiger partial charge in [-0.2, -0.15) is 0 Å². The minimum atomic E-state index is -0.468. The first-order valence-electron chi connectivity index (χ1n) is 6.21. The third kappa shape index (κ3) is 2.05. The molecule has 1 aliphatic heterocycles. The fraction of sp³-hybridized carbons (Fsp3) is 0.214. The average molecular weight is 269 g/mol. The van der Waals surface area contributed by atoms with E-state index in [1.54, 1.807) is 18.3 Å². The van der Waals surface area contributed by atoms with Gasteiger partial charge in [0.2, 0.25) is 11.8 Å². The summed E-state index contributed by atoms with van der Waals surface area (Å²) in [5, 5.41) is 3.03. The van der Waals surface area contributed by atoms with E-state index in [1.807, 2.05) is 0 Å². The molecule has 1 aromatic heterocycles. The summed E-state index contributed by atoms with van der Waals surface area (Å²) in [6, 6.07) is 3.33. The van der Waals surface area contributed by atoms with Crippen molar-refractivity contribution in [2.24, 2.45) is 0 Å². The van der Waals surface area contributed by atoms with Crippen LogP contribution in [-0.4, -0.2) is 28.1 Å². The van der Waals surface area contributed by atoms with Crippen molar-refractivity contribution in [1.29, 1.82) is 0 Å². The number of hydrogen-bond acceptors (Lipinski definition) is 5. The second-order valence-electron chi connectivity index (χ2n) is 4.69. The molecule has 100 valence electrons. The van der Waals surface area contributed by atoms with Gasteiger partial charge in [0, 0.05) is 23.6 Å². The maximum Gasteiger partial charge on any atom is 0.234 e. The third-order valence-electron chi connectivity index (χ3n) is 3.41. The lowest BCUT2D eigenvalue weighted by atomic mass is 9.88. The molecule has 1 aliphatic rings. The summed E-state index contributed by atoms with van der Waals surface area (Å²) in [6.45, 7) is 0. The van der Waals surface area contributed by atoms with Gasteiger partial charge in [0.15, 0.2) is 0 Å². The Kier molecular flexibility index (Phi) is 2.98. The van der Waals surface area contributed by atoms with E-state index < -0.39 is 5.92 Å². The molecule has 1 aromatic carbocycles. The normalized spacial score (nSPS) is 18.9. The number of aromatic nitrogens is 2. The first-order chi connectivity index (χ1) is 9.69. The van der Waals surface area contributed by atoms with Gasteiger partial charge in [0.1, 0.15) is 12.6 Å². The molecule has 0 aliphatic carbocycles. The van der Waals surface area contributed by atoms with Crippen molar-refractivity contribution < 1.29 is 14.4 Å². The van der Waals surface area contributed by atoms with E-state index in [4.69, 9.17) is 0 Å². The van der Waals surface area contributed by atoms with Crippen LogP contribution in [0.3, 0.4) is 0 Å². The number of benzene rings is 1. The van der Waals surface area contributed by atoms with Gasteiger partial charge in [0.25, 0.3) is 0 Å². The Balaban J connectivity index is 2.16. The zero-order valence-corrected chi connectivity index (χ0v) is 10.5. The summed E-state index contributed by atoms with van der Waals surface area (Å²) in [7, 11) is 0. The van der Waals surface area contributed by atoms with Crippen LogP contribution in [0.1, 0.15) is 34.7 Å². The number of amides is 2. The number of carbonyl (C=O) groups is 3. The molecule has 2 aromatic rings. The molecule has 1 N–H and O–H groups in total. The standard InChI is InChI=1S/C14H11N3O3/c18-6-8-3-9-5-15-7-16-13(9)11(4-8)10-1-2-12(19)17-14(10)20/h3-7,10H,1-2H2,(H,17,19,20). The molecule has 3 rings (SSSR count). The molecule has 0 saturated carbocycles. The number of nitrogens with zero attached hydrogens (tertiary/aromatic N) is 2. The molecule has 1 atom stereocenters. The van der Waals surface area contributed by atoms with Gasteiger partial charge >= 0.3 is 0 Å². The lowest BCUT2D eigenvalue weighted by Gasteiger charge is -2.22. The molecule has 6 nitrogen and oxygen atoms in total. The number of hydrogen-bond donors (Lipinski definition) is 1. The van der Waals surface area contributed by atoms with Crippen LogP contribution in [-0.2, 0) is 9.59 Å². The minimum absolute atomic E-state index is 0.267. The van der Waals surface area contributed by atoms with E-state index in [1.165, 1.54) is 6.33 Å². The lowest BCUT2D eigenvalue weighted by molar-refractivity contribution is -0.134. The molecular weight excluding hydrogens is 258 g/mol. The van der Waals surface area contributed by atoms with Crippen molar-refractivity contribution >= 4 is 29.0 Å². The monoisotopic (exact) mass is 269 g/mol. The van der Waals surface area contributed by atoms with Crippen LogP contribution < -0.4 is 5.32 Å². The maximum atomic E-state index is 12.0. The number of nitrogens with one attached hydrogen (secondary N) is 1. The topological polar surface area (TPSA) is 89.0 Å². The second-order valence-corrected chi connectivity index (χ2v) is 4.69. The fourth-order valence-corrected chi connectivity index (χ4v) is 2.48. The molecule has 2 amide bonds. The van der Waals surface area contributed by atoms with Crippen LogP contribution in [0.25, 0.3) is 10.9 Å². The van der Waals surface area contributed by atoms with Gasteiger partial charge in [-0.15, -0.1) is 0 Å². The number of imide groups is 1. The Morgan fingerprint density at radius 2 is 2.15 bits per heavy atom. The number of carbonyl (C=O) groups excluding carboxylic acids is 3. The summed E-state index contributed by atoms with van der Waals surface area (Å²) < 4.78 is 0. The highest BCUT2D eigenvalue weighted by Gasteiger charge is 2.29. The van der Waals surface area contributed by atoms with Crippen LogP contribution in [0.4, 0.5) is 0 Å². The lowest BCUT2D eigenvalue weighted by Crippen LogP contribution is -2.39. The van der Waals surface area contributed by atoms with Crippen molar-refractivity contribution in [2.75, 3.05) is 0 Å². The van der Waals surface area contributed by atoms with Crippen LogP contribution in [0.15, 0.2) is 24.7 Å². The molecule has 0 radical (unpaired) electrons. The number of rotatable bonds is 2. The van der Waals surface area contributed by atoms with E-state index in [-0.39, 0.29) is 18.2 Å². The summed E-state index contributed by atoms with van der Waals surface area (Å²) in [6.07, 6.45) is 4.44. The van der Waals surface area contributed by atoms with Gasteiger partial charge in [0.05, 0.1) is 11.4 Å². The molecule has 0 spiro atoms. The van der Waals surface area contributed by atoms with Crippen molar-refractivity contribution in [3.8, 4) is 0 Å². The highest BCUT2D eigenvalue weighted by Crippen LogP contribution is 2.30. The smallest absolute Gasteiger partial charge is 0.234 e. The Bertz CT molecular complexity index is 727. The SMILES string of the molecule is O=Cc1cc(C2CCC(=O)NC2=O)c2ncncc2c1. The van der Waals surface area contributed by atoms with Crippen molar-refractivity contribution in [3.63, 3.8) is 0 Å². The van der Waals surface area contributed by atoms with E-state index >= 15 is 0 Å².